The van der Waals surface area contributed by atoms with E-state index in [2.05, 4.69) is 12.2 Å². The first-order chi connectivity index (χ1) is 13.5. The molecule has 1 saturated heterocycles. The molecule has 2 amide bonds. The molecule has 4 nitrogen and oxygen atoms in total. The monoisotopic (exact) mass is 400 g/mol. The first kappa shape index (κ1) is 20.4. The number of hydrogen-bond donors (Lipinski definition) is 1. The number of hydrogen-bond acceptors (Lipinski definition) is 3. The molecule has 0 saturated carbocycles. The second-order valence-corrected chi connectivity index (χ2v) is 8.01. The van der Waals surface area contributed by atoms with Crippen molar-refractivity contribution < 1.29 is 14.0 Å². The first-order valence-corrected chi connectivity index (χ1v) is 10.6. The van der Waals surface area contributed by atoms with Gasteiger partial charge in [-0.15, -0.1) is 11.8 Å². The molecule has 1 N–H and O–H groups in total. The zero-order valence-electron chi connectivity index (χ0n) is 16.2. The smallest absolute Gasteiger partial charge is 0.238 e. The van der Waals surface area contributed by atoms with Gasteiger partial charge in [-0.2, -0.15) is 0 Å². The number of thioether (sulfide) groups is 1. The number of amides is 2. The lowest BCUT2D eigenvalue weighted by Crippen LogP contribution is -2.28. The molecule has 28 heavy (non-hydrogen) atoms. The fraction of sp³-hybridized carbons (Fsp3) is 0.364. The summed E-state index contributed by atoms with van der Waals surface area (Å²) >= 11 is 1.51. The first-order valence-electron chi connectivity index (χ1n) is 9.60. The van der Waals surface area contributed by atoms with E-state index in [4.69, 9.17) is 0 Å². The maximum atomic E-state index is 14.0. The lowest BCUT2D eigenvalue weighted by molar-refractivity contribution is -0.117. The Morgan fingerprint density at radius 2 is 2.04 bits per heavy atom. The van der Waals surface area contributed by atoms with Crippen LogP contribution in [0, 0.1) is 12.7 Å². The van der Waals surface area contributed by atoms with Crippen molar-refractivity contribution in [3.63, 3.8) is 0 Å². The molecule has 0 aromatic heterocycles. The summed E-state index contributed by atoms with van der Waals surface area (Å²) in [7, 11) is 0. The summed E-state index contributed by atoms with van der Waals surface area (Å²) in [6.45, 7) is 3.79. The Hall–Kier alpha value is -2.34. The Bertz CT molecular complexity index is 871. The third-order valence-corrected chi connectivity index (χ3v) is 6.04. The van der Waals surface area contributed by atoms with Crippen LogP contribution in [0.2, 0.25) is 0 Å². The van der Waals surface area contributed by atoms with Crippen molar-refractivity contribution in [3.05, 3.63) is 59.4 Å². The summed E-state index contributed by atoms with van der Waals surface area (Å²) in [6.07, 6.45) is 3.49. The Morgan fingerprint density at radius 1 is 1.25 bits per heavy atom. The summed E-state index contributed by atoms with van der Waals surface area (Å²) < 4.78 is 14.0. The zero-order chi connectivity index (χ0) is 20.1. The van der Waals surface area contributed by atoms with Gasteiger partial charge in [-0.05, 0) is 43.2 Å². The molecule has 148 valence electrons. The SMILES string of the molecule is CCCCCC(=O)Nc1cccc([C@H]2SCC(=O)N2c2cccc(F)c2C)c1. The van der Waals surface area contributed by atoms with E-state index in [1.165, 1.54) is 17.8 Å². The van der Waals surface area contributed by atoms with E-state index in [1.807, 2.05) is 24.3 Å². The summed E-state index contributed by atoms with van der Waals surface area (Å²) in [5, 5.41) is 2.69. The van der Waals surface area contributed by atoms with Gasteiger partial charge in [-0.25, -0.2) is 4.39 Å². The van der Waals surface area contributed by atoms with Crippen LogP contribution < -0.4 is 10.2 Å². The molecule has 1 aliphatic heterocycles. The Morgan fingerprint density at radius 3 is 2.82 bits per heavy atom. The van der Waals surface area contributed by atoms with Gasteiger partial charge in [-0.1, -0.05) is 38.0 Å². The predicted octanol–water partition coefficient (Wildman–Crippen LogP) is 5.43. The molecule has 1 atom stereocenters. The molecule has 1 heterocycles. The Kier molecular flexibility index (Phi) is 6.73. The average Bonchev–Trinajstić information content (AvgIpc) is 3.06. The second-order valence-electron chi connectivity index (χ2n) is 6.94. The average molecular weight is 401 g/mol. The number of nitrogens with zero attached hydrogens (tertiary/aromatic N) is 1. The van der Waals surface area contributed by atoms with Crippen molar-refractivity contribution in [1.29, 1.82) is 0 Å². The van der Waals surface area contributed by atoms with Crippen LogP contribution in [0.5, 0.6) is 0 Å². The quantitative estimate of drug-likeness (QED) is 0.630. The number of anilines is 2. The van der Waals surface area contributed by atoms with Gasteiger partial charge < -0.3 is 5.32 Å². The largest absolute Gasteiger partial charge is 0.326 e. The highest BCUT2D eigenvalue weighted by molar-refractivity contribution is 8.00. The van der Waals surface area contributed by atoms with Crippen molar-refractivity contribution >= 4 is 35.0 Å². The van der Waals surface area contributed by atoms with Crippen LogP contribution in [0.4, 0.5) is 15.8 Å². The fourth-order valence-corrected chi connectivity index (χ4v) is 4.48. The number of benzene rings is 2. The van der Waals surface area contributed by atoms with Crippen molar-refractivity contribution in [2.45, 2.75) is 44.9 Å². The second kappa shape index (κ2) is 9.24. The van der Waals surface area contributed by atoms with Gasteiger partial charge in [0.2, 0.25) is 11.8 Å². The maximum Gasteiger partial charge on any atom is 0.238 e. The van der Waals surface area contributed by atoms with Gasteiger partial charge in [0, 0.05) is 17.7 Å². The minimum atomic E-state index is -0.325. The van der Waals surface area contributed by atoms with Crippen LogP contribution in [-0.2, 0) is 9.59 Å². The third-order valence-electron chi connectivity index (χ3n) is 4.83. The summed E-state index contributed by atoms with van der Waals surface area (Å²) in [4.78, 5) is 26.3. The molecule has 0 spiro atoms. The van der Waals surface area contributed by atoms with Crippen LogP contribution in [0.3, 0.4) is 0 Å². The molecule has 0 bridgehead atoms. The Balaban J connectivity index is 1.81. The summed E-state index contributed by atoms with van der Waals surface area (Å²) in [5.74, 6) is -0.0286. The van der Waals surface area contributed by atoms with Gasteiger partial charge in [0.05, 0.1) is 11.4 Å². The molecule has 6 heteroatoms. The lowest BCUT2D eigenvalue weighted by atomic mass is 10.1. The standard InChI is InChI=1S/C22H25FN2O2S/c1-3-4-5-12-20(26)24-17-9-6-8-16(13-17)22-25(21(27)14-28-22)19-11-7-10-18(23)15(19)2/h6-11,13,22H,3-5,12,14H2,1-2H3,(H,24,26)/t22-/m1/s1. The third kappa shape index (κ3) is 4.55. The van der Waals surface area contributed by atoms with E-state index >= 15 is 0 Å². The van der Waals surface area contributed by atoms with Gasteiger partial charge in [0.1, 0.15) is 11.2 Å². The number of halogens is 1. The van der Waals surface area contributed by atoms with E-state index in [-0.39, 0.29) is 23.0 Å². The minimum Gasteiger partial charge on any atom is -0.326 e. The molecular weight excluding hydrogens is 375 g/mol. The highest BCUT2D eigenvalue weighted by atomic mass is 32.2. The zero-order valence-corrected chi connectivity index (χ0v) is 17.0. The van der Waals surface area contributed by atoms with E-state index in [0.29, 0.717) is 23.4 Å². The summed E-state index contributed by atoms with van der Waals surface area (Å²) in [6, 6.07) is 12.3. The minimum absolute atomic E-state index is 0.00131. The normalized spacial score (nSPS) is 16.5. The van der Waals surface area contributed by atoms with E-state index in [1.54, 1.807) is 24.0 Å². The van der Waals surface area contributed by atoms with Crippen molar-refractivity contribution in [3.8, 4) is 0 Å². The highest BCUT2D eigenvalue weighted by Gasteiger charge is 2.35. The number of rotatable bonds is 7. The number of nitrogens with one attached hydrogen (secondary N) is 1. The van der Waals surface area contributed by atoms with Crippen molar-refractivity contribution in [2.24, 2.45) is 0 Å². The molecule has 0 aliphatic carbocycles. The summed E-state index contributed by atoms with van der Waals surface area (Å²) in [5.41, 5.74) is 2.68. The molecule has 2 aromatic rings. The molecule has 0 unspecified atom stereocenters. The highest BCUT2D eigenvalue weighted by Crippen LogP contribution is 2.43. The lowest BCUT2D eigenvalue weighted by Gasteiger charge is -2.26. The van der Waals surface area contributed by atoms with Gasteiger partial charge in [0.15, 0.2) is 0 Å². The van der Waals surface area contributed by atoms with Gasteiger partial charge >= 0.3 is 0 Å². The van der Waals surface area contributed by atoms with Crippen LogP contribution in [0.25, 0.3) is 0 Å². The van der Waals surface area contributed by atoms with Gasteiger partial charge in [-0.3, -0.25) is 14.5 Å². The Labute approximate surface area is 169 Å². The van der Waals surface area contributed by atoms with Crippen molar-refractivity contribution in [1.82, 2.24) is 0 Å². The van der Waals surface area contributed by atoms with Crippen LogP contribution in [0.1, 0.15) is 49.1 Å². The number of unbranched alkanes of at least 4 members (excludes halogenated alkanes) is 2. The maximum absolute atomic E-state index is 14.0. The van der Waals surface area contributed by atoms with E-state index < -0.39 is 0 Å². The number of carbonyl (C=O) groups is 2. The van der Waals surface area contributed by atoms with E-state index in [9.17, 15) is 14.0 Å². The predicted molar refractivity (Wildman–Crippen MR) is 113 cm³/mol. The van der Waals surface area contributed by atoms with E-state index in [0.717, 1.165) is 30.5 Å². The van der Waals surface area contributed by atoms with Crippen molar-refractivity contribution in [2.75, 3.05) is 16.0 Å². The molecular formula is C22H25FN2O2S. The topological polar surface area (TPSA) is 49.4 Å². The van der Waals surface area contributed by atoms with Crippen LogP contribution in [-0.4, -0.2) is 17.6 Å². The molecule has 0 radical (unpaired) electrons. The van der Waals surface area contributed by atoms with Crippen LogP contribution >= 0.6 is 11.8 Å². The fourth-order valence-electron chi connectivity index (χ4n) is 3.32. The molecule has 2 aromatic carbocycles. The van der Waals surface area contributed by atoms with Crippen LogP contribution in [0.15, 0.2) is 42.5 Å². The number of carbonyl (C=O) groups excluding carboxylic acids is 2. The van der Waals surface area contributed by atoms with Gasteiger partial charge in [0.25, 0.3) is 0 Å². The molecule has 3 rings (SSSR count). The molecule has 1 fully saturated rings. The molecule has 1 aliphatic rings.